The third-order valence-corrected chi connectivity index (χ3v) is 6.55. The molecule has 0 aliphatic heterocycles. The maximum absolute atomic E-state index is 5.80. The molecule has 0 N–H and O–H groups in total. The fourth-order valence-electron chi connectivity index (χ4n) is 5.67. The predicted octanol–water partition coefficient (Wildman–Crippen LogP) is 3.85. The first kappa shape index (κ1) is 16.1. The molecule has 1 aromatic carbocycles. The van der Waals surface area contributed by atoms with Crippen LogP contribution in [0.1, 0.15) is 31.2 Å². The van der Waals surface area contributed by atoms with Crippen LogP contribution in [0.2, 0.25) is 0 Å². The quantitative estimate of drug-likeness (QED) is 0.586. The zero-order valence-corrected chi connectivity index (χ0v) is 15.0. The van der Waals surface area contributed by atoms with E-state index in [0.717, 1.165) is 30.7 Å². The Morgan fingerprint density at radius 3 is 2.67 bits per heavy atom. The predicted molar refractivity (Wildman–Crippen MR) is 98.0 cm³/mol. The van der Waals surface area contributed by atoms with Gasteiger partial charge in [0.05, 0.1) is 5.71 Å². The molecule has 24 heavy (non-hydrogen) atoms. The highest BCUT2D eigenvalue weighted by Crippen LogP contribution is 2.59. The van der Waals surface area contributed by atoms with E-state index in [0.29, 0.717) is 18.4 Å². The van der Waals surface area contributed by atoms with Crippen molar-refractivity contribution in [2.75, 3.05) is 27.2 Å². The van der Waals surface area contributed by atoms with Crippen molar-refractivity contribution in [3.63, 3.8) is 0 Å². The van der Waals surface area contributed by atoms with Gasteiger partial charge in [0.1, 0.15) is 6.61 Å². The second-order valence-corrected chi connectivity index (χ2v) is 8.22. The van der Waals surface area contributed by atoms with E-state index < -0.39 is 0 Å². The lowest BCUT2D eigenvalue weighted by Gasteiger charge is -2.34. The Morgan fingerprint density at radius 1 is 1.08 bits per heavy atom. The minimum atomic E-state index is 0.626. The normalized spacial score (nSPS) is 35.8. The van der Waals surface area contributed by atoms with E-state index in [-0.39, 0.29) is 0 Å². The lowest BCUT2D eigenvalue weighted by Crippen LogP contribution is -2.38. The molecule has 3 heteroatoms. The number of rotatable bonds is 6. The van der Waals surface area contributed by atoms with Crippen molar-refractivity contribution in [1.29, 1.82) is 0 Å². The number of hydrogen-bond acceptors (Lipinski definition) is 3. The summed E-state index contributed by atoms with van der Waals surface area (Å²) < 4.78 is 0. The van der Waals surface area contributed by atoms with Crippen LogP contribution in [-0.4, -0.2) is 37.9 Å². The second-order valence-electron chi connectivity index (χ2n) is 8.22. The van der Waals surface area contributed by atoms with E-state index in [1.165, 1.54) is 37.0 Å². The summed E-state index contributed by atoms with van der Waals surface area (Å²) in [4.78, 5) is 8.13. The van der Waals surface area contributed by atoms with Crippen molar-refractivity contribution >= 4 is 5.71 Å². The van der Waals surface area contributed by atoms with E-state index in [9.17, 15) is 0 Å². The van der Waals surface area contributed by atoms with Gasteiger partial charge < -0.3 is 9.74 Å². The SMILES string of the molecule is CN(C)C[C@H]1/C(=N\OCCc2ccccc2)[C@H]2C[C@@H]1[C@@H]1CCC[C@@H]12. The van der Waals surface area contributed by atoms with Gasteiger partial charge in [0.2, 0.25) is 0 Å². The molecule has 5 atom stereocenters. The summed E-state index contributed by atoms with van der Waals surface area (Å²) in [6, 6.07) is 10.6. The average molecular weight is 326 g/mol. The average Bonchev–Trinajstić information content (AvgIpc) is 3.24. The van der Waals surface area contributed by atoms with E-state index >= 15 is 0 Å². The van der Waals surface area contributed by atoms with Gasteiger partial charge in [-0.1, -0.05) is 41.9 Å². The van der Waals surface area contributed by atoms with Crippen LogP contribution < -0.4 is 0 Å². The molecule has 130 valence electrons. The Morgan fingerprint density at radius 2 is 1.88 bits per heavy atom. The van der Waals surface area contributed by atoms with Gasteiger partial charge in [0, 0.05) is 24.8 Å². The Labute approximate surface area is 146 Å². The van der Waals surface area contributed by atoms with Crippen LogP contribution in [0.25, 0.3) is 0 Å². The lowest BCUT2D eigenvalue weighted by molar-refractivity contribution is 0.138. The molecule has 3 nitrogen and oxygen atoms in total. The number of hydrogen-bond donors (Lipinski definition) is 0. The molecule has 0 aromatic heterocycles. The molecule has 3 aliphatic carbocycles. The first-order valence-electron chi connectivity index (χ1n) is 9.62. The standard InChI is InChI=1S/C21H30N2O/c1-23(2)14-20-18-13-19(17-10-6-9-16(17)18)21(20)22-24-12-11-15-7-4-3-5-8-15/h3-5,7-8,16-20H,6,9-14H2,1-2H3/b22-21-/t16-,17+,18-,19+,20-/m1/s1. The highest BCUT2D eigenvalue weighted by Gasteiger charge is 2.57. The molecule has 3 aliphatic rings. The molecule has 0 saturated heterocycles. The smallest absolute Gasteiger partial charge is 0.121 e. The first-order valence-corrected chi connectivity index (χ1v) is 9.62. The number of benzene rings is 1. The minimum absolute atomic E-state index is 0.626. The molecule has 3 fully saturated rings. The Bertz CT molecular complexity index is 583. The summed E-state index contributed by atoms with van der Waals surface area (Å²) in [6.07, 6.45) is 6.62. The van der Waals surface area contributed by atoms with Gasteiger partial charge in [-0.25, -0.2) is 0 Å². The summed E-state index contributed by atoms with van der Waals surface area (Å²) in [5.74, 6) is 4.08. The van der Waals surface area contributed by atoms with Gasteiger partial charge >= 0.3 is 0 Å². The van der Waals surface area contributed by atoms with Crippen molar-refractivity contribution in [3.8, 4) is 0 Å². The molecule has 1 aromatic rings. The summed E-state index contributed by atoms with van der Waals surface area (Å²) in [5.41, 5.74) is 2.72. The highest BCUT2D eigenvalue weighted by molar-refractivity contribution is 5.92. The molecular weight excluding hydrogens is 296 g/mol. The van der Waals surface area contributed by atoms with Crippen LogP contribution in [0.3, 0.4) is 0 Å². The molecule has 4 rings (SSSR count). The summed E-state index contributed by atoms with van der Waals surface area (Å²) in [6.45, 7) is 1.82. The van der Waals surface area contributed by atoms with Gasteiger partial charge in [-0.05, 0) is 56.7 Å². The molecular formula is C21H30N2O. The van der Waals surface area contributed by atoms with E-state index in [1.807, 2.05) is 0 Å². The molecule has 0 unspecified atom stereocenters. The number of oxime groups is 1. The van der Waals surface area contributed by atoms with Crippen LogP contribution in [0.4, 0.5) is 0 Å². The van der Waals surface area contributed by atoms with Crippen molar-refractivity contribution < 1.29 is 4.84 Å². The Kier molecular flexibility index (Phi) is 4.62. The van der Waals surface area contributed by atoms with Gasteiger partial charge in [-0.15, -0.1) is 0 Å². The maximum Gasteiger partial charge on any atom is 0.121 e. The number of nitrogens with zero attached hydrogens (tertiary/aromatic N) is 2. The fraction of sp³-hybridized carbons (Fsp3) is 0.667. The van der Waals surface area contributed by atoms with E-state index in [4.69, 9.17) is 9.99 Å². The van der Waals surface area contributed by atoms with Gasteiger partial charge in [0.15, 0.2) is 0 Å². The third kappa shape index (κ3) is 2.99. The molecule has 0 spiro atoms. The van der Waals surface area contributed by atoms with E-state index in [1.54, 1.807) is 0 Å². The minimum Gasteiger partial charge on any atom is -0.395 e. The van der Waals surface area contributed by atoms with Crippen molar-refractivity contribution in [2.24, 2.45) is 34.7 Å². The van der Waals surface area contributed by atoms with E-state index in [2.05, 4.69) is 49.3 Å². The lowest BCUT2D eigenvalue weighted by atomic mass is 9.74. The molecule has 0 radical (unpaired) electrons. The first-order chi connectivity index (χ1) is 11.7. The monoisotopic (exact) mass is 326 g/mol. The largest absolute Gasteiger partial charge is 0.395 e. The summed E-state index contributed by atoms with van der Waals surface area (Å²) >= 11 is 0. The zero-order valence-electron chi connectivity index (χ0n) is 15.0. The second kappa shape index (κ2) is 6.87. The van der Waals surface area contributed by atoms with Crippen LogP contribution in [0.15, 0.2) is 35.5 Å². The van der Waals surface area contributed by atoms with Crippen molar-refractivity contribution in [1.82, 2.24) is 4.90 Å². The zero-order chi connectivity index (χ0) is 16.5. The molecule has 0 heterocycles. The van der Waals surface area contributed by atoms with Gasteiger partial charge in [0.25, 0.3) is 0 Å². The Hall–Kier alpha value is -1.35. The summed E-state index contributed by atoms with van der Waals surface area (Å²) in [5, 5.41) is 4.71. The van der Waals surface area contributed by atoms with Crippen LogP contribution in [-0.2, 0) is 11.3 Å². The van der Waals surface area contributed by atoms with Crippen molar-refractivity contribution in [2.45, 2.75) is 32.1 Å². The highest BCUT2D eigenvalue weighted by atomic mass is 16.6. The molecule has 2 bridgehead atoms. The fourth-order valence-corrected chi connectivity index (χ4v) is 5.67. The molecule has 0 amide bonds. The van der Waals surface area contributed by atoms with Gasteiger partial charge in [-0.3, -0.25) is 0 Å². The maximum atomic E-state index is 5.80. The van der Waals surface area contributed by atoms with Gasteiger partial charge in [-0.2, -0.15) is 0 Å². The molecule has 3 saturated carbocycles. The Balaban J connectivity index is 1.41. The summed E-state index contributed by atoms with van der Waals surface area (Å²) in [7, 11) is 4.37. The van der Waals surface area contributed by atoms with Crippen LogP contribution in [0.5, 0.6) is 0 Å². The van der Waals surface area contributed by atoms with Crippen LogP contribution >= 0.6 is 0 Å². The topological polar surface area (TPSA) is 24.8 Å². The third-order valence-electron chi connectivity index (χ3n) is 6.55. The van der Waals surface area contributed by atoms with Crippen molar-refractivity contribution in [3.05, 3.63) is 35.9 Å². The van der Waals surface area contributed by atoms with Crippen LogP contribution in [0, 0.1) is 29.6 Å². The number of fused-ring (bicyclic) bond motifs is 5.